The quantitative estimate of drug-likeness (QED) is 0.468. The van der Waals surface area contributed by atoms with Crippen LogP contribution >= 0.6 is 11.8 Å². The van der Waals surface area contributed by atoms with Crippen molar-refractivity contribution in [2.75, 3.05) is 18.2 Å². The van der Waals surface area contributed by atoms with E-state index in [-0.39, 0.29) is 18.3 Å². The highest BCUT2D eigenvalue weighted by Gasteiger charge is 2.15. The van der Waals surface area contributed by atoms with Gasteiger partial charge in [0.1, 0.15) is 6.61 Å². The lowest BCUT2D eigenvalue weighted by Gasteiger charge is -2.12. The lowest BCUT2D eigenvalue weighted by atomic mass is 10.1. The van der Waals surface area contributed by atoms with Gasteiger partial charge in [0.25, 0.3) is 0 Å². The highest BCUT2D eigenvalue weighted by Crippen LogP contribution is 2.28. The molecule has 164 valence electrons. The van der Waals surface area contributed by atoms with E-state index in [1.807, 2.05) is 60.9 Å². The summed E-state index contributed by atoms with van der Waals surface area (Å²) in [5.74, 6) is 2.22. The molecule has 0 aliphatic heterocycles. The Labute approximate surface area is 187 Å². The zero-order valence-corrected chi connectivity index (χ0v) is 19.2. The summed E-state index contributed by atoms with van der Waals surface area (Å²) in [4.78, 5) is 12.4. The molecular weight excluding hydrogens is 412 g/mol. The Morgan fingerprint density at radius 3 is 2.68 bits per heavy atom. The number of aryl methyl sites for hydroxylation is 2. The van der Waals surface area contributed by atoms with Crippen LogP contribution in [0.2, 0.25) is 0 Å². The number of carbonyl (C=O) groups is 1. The Morgan fingerprint density at radius 1 is 1.13 bits per heavy atom. The first-order valence-corrected chi connectivity index (χ1v) is 11.2. The lowest BCUT2D eigenvalue weighted by molar-refractivity contribution is -0.113. The SMILES string of the molecule is CCc1ccccc1NC(=O)CSc1nnc(COc2ccc(C)cc2OC)n1CC. The molecule has 3 rings (SSSR count). The van der Waals surface area contributed by atoms with Crippen LogP contribution in [0.1, 0.15) is 30.8 Å². The second kappa shape index (κ2) is 10.9. The van der Waals surface area contributed by atoms with Crippen LogP contribution in [0, 0.1) is 6.92 Å². The van der Waals surface area contributed by atoms with Crippen molar-refractivity contribution in [3.63, 3.8) is 0 Å². The first kappa shape index (κ1) is 22.7. The van der Waals surface area contributed by atoms with Crippen molar-refractivity contribution in [1.82, 2.24) is 14.8 Å². The van der Waals surface area contributed by atoms with E-state index in [4.69, 9.17) is 9.47 Å². The number of aromatic nitrogens is 3. The summed E-state index contributed by atoms with van der Waals surface area (Å²) in [6.45, 7) is 7.02. The van der Waals surface area contributed by atoms with E-state index in [1.54, 1.807) is 7.11 Å². The van der Waals surface area contributed by atoms with E-state index in [0.717, 1.165) is 23.2 Å². The summed E-state index contributed by atoms with van der Waals surface area (Å²) in [6, 6.07) is 13.6. The van der Waals surface area contributed by atoms with Gasteiger partial charge < -0.3 is 19.4 Å². The predicted octanol–water partition coefficient (Wildman–Crippen LogP) is 4.49. The summed E-state index contributed by atoms with van der Waals surface area (Å²) < 4.78 is 13.3. The Balaban J connectivity index is 1.61. The normalized spacial score (nSPS) is 10.7. The second-order valence-corrected chi connectivity index (χ2v) is 7.88. The van der Waals surface area contributed by atoms with Crippen molar-refractivity contribution in [2.24, 2.45) is 0 Å². The molecule has 31 heavy (non-hydrogen) atoms. The number of amides is 1. The van der Waals surface area contributed by atoms with Crippen LogP contribution in [-0.4, -0.2) is 33.5 Å². The molecule has 0 saturated carbocycles. The number of benzene rings is 2. The molecule has 1 heterocycles. The monoisotopic (exact) mass is 440 g/mol. The number of anilines is 1. The molecular formula is C23H28N4O3S. The summed E-state index contributed by atoms with van der Waals surface area (Å²) >= 11 is 1.36. The van der Waals surface area contributed by atoms with E-state index >= 15 is 0 Å². The van der Waals surface area contributed by atoms with Gasteiger partial charge in [-0.3, -0.25) is 4.79 Å². The van der Waals surface area contributed by atoms with Gasteiger partial charge in [0.15, 0.2) is 22.5 Å². The van der Waals surface area contributed by atoms with Gasteiger partial charge >= 0.3 is 0 Å². The third-order valence-electron chi connectivity index (χ3n) is 4.79. The third-order valence-corrected chi connectivity index (χ3v) is 5.76. The fourth-order valence-electron chi connectivity index (χ4n) is 3.15. The molecule has 3 aromatic rings. The van der Waals surface area contributed by atoms with Gasteiger partial charge in [0.05, 0.1) is 12.9 Å². The Morgan fingerprint density at radius 2 is 1.94 bits per heavy atom. The van der Waals surface area contributed by atoms with Gasteiger partial charge in [-0.1, -0.05) is 43.0 Å². The van der Waals surface area contributed by atoms with Crippen molar-refractivity contribution >= 4 is 23.4 Å². The van der Waals surface area contributed by atoms with E-state index in [0.29, 0.717) is 29.0 Å². The Kier molecular flexibility index (Phi) is 7.94. The van der Waals surface area contributed by atoms with Crippen LogP contribution in [0.4, 0.5) is 5.69 Å². The minimum atomic E-state index is -0.0706. The minimum Gasteiger partial charge on any atom is -0.493 e. The molecule has 1 aromatic heterocycles. The first-order valence-electron chi connectivity index (χ1n) is 10.3. The number of hydrogen-bond donors (Lipinski definition) is 1. The van der Waals surface area contributed by atoms with Gasteiger partial charge in [0, 0.05) is 12.2 Å². The van der Waals surface area contributed by atoms with Crippen LogP contribution in [0.3, 0.4) is 0 Å². The van der Waals surface area contributed by atoms with E-state index in [9.17, 15) is 4.79 Å². The van der Waals surface area contributed by atoms with Gasteiger partial charge in [-0.25, -0.2) is 0 Å². The largest absolute Gasteiger partial charge is 0.493 e. The van der Waals surface area contributed by atoms with Crippen LogP contribution in [0.25, 0.3) is 0 Å². The predicted molar refractivity (Wildman–Crippen MR) is 123 cm³/mol. The lowest BCUT2D eigenvalue weighted by Crippen LogP contribution is -2.16. The fraction of sp³-hybridized carbons (Fsp3) is 0.348. The smallest absolute Gasteiger partial charge is 0.234 e. The molecule has 0 fully saturated rings. The molecule has 0 atom stereocenters. The zero-order chi connectivity index (χ0) is 22.2. The number of hydrogen-bond acceptors (Lipinski definition) is 6. The van der Waals surface area contributed by atoms with Crippen LogP contribution in [-0.2, 0) is 24.4 Å². The van der Waals surface area contributed by atoms with E-state index in [2.05, 4.69) is 22.4 Å². The van der Waals surface area contributed by atoms with Crippen molar-refractivity contribution in [2.45, 2.75) is 45.5 Å². The molecule has 0 unspecified atom stereocenters. The number of thioether (sulfide) groups is 1. The molecule has 0 aliphatic rings. The van der Waals surface area contributed by atoms with Crippen LogP contribution in [0.15, 0.2) is 47.6 Å². The third kappa shape index (κ3) is 5.79. The number of methoxy groups -OCH3 is 1. The topological polar surface area (TPSA) is 78.3 Å². The number of rotatable bonds is 10. The van der Waals surface area contributed by atoms with Crippen LogP contribution < -0.4 is 14.8 Å². The summed E-state index contributed by atoms with van der Waals surface area (Å²) in [7, 11) is 1.62. The van der Waals surface area contributed by atoms with Crippen LogP contribution in [0.5, 0.6) is 11.5 Å². The number of para-hydroxylation sites is 1. The van der Waals surface area contributed by atoms with Crippen molar-refractivity contribution in [3.05, 3.63) is 59.4 Å². The van der Waals surface area contributed by atoms with Gasteiger partial charge in [-0.05, 0) is 49.6 Å². The summed E-state index contributed by atoms with van der Waals surface area (Å²) in [6.07, 6.45) is 0.864. The van der Waals surface area contributed by atoms with Gasteiger partial charge in [-0.2, -0.15) is 0 Å². The molecule has 0 spiro atoms. The maximum atomic E-state index is 12.4. The zero-order valence-electron chi connectivity index (χ0n) is 18.3. The molecule has 7 nitrogen and oxygen atoms in total. The highest BCUT2D eigenvalue weighted by atomic mass is 32.2. The molecule has 1 amide bonds. The maximum absolute atomic E-state index is 12.4. The number of carbonyl (C=O) groups excluding carboxylic acids is 1. The molecule has 0 bridgehead atoms. The van der Waals surface area contributed by atoms with Gasteiger partial charge in [0.2, 0.25) is 5.91 Å². The van der Waals surface area contributed by atoms with E-state index in [1.165, 1.54) is 11.8 Å². The standard InChI is InChI=1S/C23H28N4O3S/c1-5-17-9-7-8-10-18(17)24-22(28)15-31-23-26-25-21(27(23)6-2)14-30-19-12-11-16(3)13-20(19)29-4/h7-13H,5-6,14-15H2,1-4H3,(H,24,28). The molecule has 2 aromatic carbocycles. The maximum Gasteiger partial charge on any atom is 0.234 e. The molecule has 0 aliphatic carbocycles. The summed E-state index contributed by atoms with van der Waals surface area (Å²) in [5, 5.41) is 12.2. The molecule has 8 heteroatoms. The number of ether oxygens (including phenoxy) is 2. The Hall–Kier alpha value is -3.00. The molecule has 0 saturated heterocycles. The van der Waals surface area contributed by atoms with Crippen molar-refractivity contribution in [3.8, 4) is 11.5 Å². The second-order valence-electron chi connectivity index (χ2n) is 6.93. The van der Waals surface area contributed by atoms with Gasteiger partial charge in [-0.15, -0.1) is 10.2 Å². The summed E-state index contributed by atoms with van der Waals surface area (Å²) in [5.41, 5.74) is 3.07. The highest BCUT2D eigenvalue weighted by molar-refractivity contribution is 7.99. The number of nitrogens with one attached hydrogen (secondary N) is 1. The number of nitrogens with zero attached hydrogens (tertiary/aromatic N) is 3. The fourth-order valence-corrected chi connectivity index (χ4v) is 3.97. The average molecular weight is 441 g/mol. The van der Waals surface area contributed by atoms with Crippen molar-refractivity contribution in [1.29, 1.82) is 0 Å². The molecule has 1 N–H and O–H groups in total. The first-order chi connectivity index (χ1) is 15.0. The average Bonchev–Trinajstić information content (AvgIpc) is 3.18. The van der Waals surface area contributed by atoms with E-state index < -0.39 is 0 Å². The minimum absolute atomic E-state index is 0.0706. The Bertz CT molecular complexity index is 1040. The van der Waals surface area contributed by atoms with Crippen molar-refractivity contribution < 1.29 is 14.3 Å². The molecule has 0 radical (unpaired) electrons.